The number of alkyl halides is 1. The standard InChI is InChI=1S/C10H13FN2O/c11-5-8-1-2-10(6-13-8)14-7-9-3-4-12-9/h1-2,6,9,12H,3-5,7H2/t9-/m0/s1. The highest BCUT2D eigenvalue weighted by molar-refractivity contribution is 5.19. The van der Waals surface area contributed by atoms with E-state index in [1.54, 1.807) is 18.3 Å². The molecule has 1 aromatic rings. The molecular weight excluding hydrogens is 183 g/mol. The van der Waals surface area contributed by atoms with E-state index in [1.807, 2.05) is 0 Å². The van der Waals surface area contributed by atoms with Gasteiger partial charge in [0.15, 0.2) is 0 Å². The summed E-state index contributed by atoms with van der Waals surface area (Å²) in [5, 5.41) is 3.23. The first-order valence-corrected chi connectivity index (χ1v) is 4.75. The van der Waals surface area contributed by atoms with Crippen molar-refractivity contribution in [3.63, 3.8) is 0 Å². The normalized spacial score (nSPS) is 20.2. The highest BCUT2D eigenvalue weighted by Gasteiger charge is 2.16. The average molecular weight is 196 g/mol. The minimum Gasteiger partial charge on any atom is -0.490 e. The number of halogens is 1. The van der Waals surface area contributed by atoms with Crippen molar-refractivity contribution in [1.29, 1.82) is 0 Å². The summed E-state index contributed by atoms with van der Waals surface area (Å²) in [5.74, 6) is 0.705. The third-order valence-electron chi connectivity index (χ3n) is 2.31. The Morgan fingerprint density at radius 1 is 1.57 bits per heavy atom. The average Bonchev–Trinajstić information content (AvgIpc) is 2.16. The number of nitrogens with one attached hydrogen (secondary N) is 1. The number of rotatable bonds is 4. The van der Waals surface area contributed by atoms with Crippen LogP contribution in [0, 0.1) is 0 Å². The Balaban J connectivity index is 1.83. The quantitative estimate of drug-likeness (QED) is 0.788. The van der Waals surface area contributed by atoms with Gasteiger partial charge in [-0.1, -0.05) is 0 Å². The van der Waals surface area contributed by atoms with E-state index < -0.39 is 6.67 Å². The summed E-state index contributed by atoms with van der Waals surface area (Å²) in [5.41, 5.74) is 0.444. The van der Waals surface area contributed by atoms with E-state index in [2.05, 4.69) is 10.3 Å². The minimum absolute atomic E-state index is 0.444. The van der Waals surface area contributed by atoms with Gasteiger partial charge in [0, 0.05) is 6.04 Å². The Kier molecular flexibility index (Phi) is 2.93. The van der Waals surface area contributed by atoms with Crippen molar-refractivity contribution in [2.45, 2.75) is 19.1 Å². The summed E-state index contributed by atoms with van der Waals surface area (Å²) in [7, 11) is 0. The van der Waals surface area contributed by atoms with Crippen LogP contribution in [0.5, 0.6) is 5.75 Å². The van der Waals surface area contributed by atoms with Gasteiger partial charge in [0.05, 0.1) is 11.9 Å². The van der Waals surface area contributed by atoms with E-state index in [4.69, 9.17) is 4.74 Å². The van der Waals surface area contributed by atoms with Crippen LogP contribution in [0.25, 0.3) is 0 Å². The first-order valence-electron chi connectivity index (χ1n) is 4.75. The molecule has 2 heterocycles. The molecule has 1 aromatic heterocycles. The lowest BCUT2D eigenvalue weighted by molar-refractivity contribution is 0.217. The first kappa shape index (κ1) is 9.40. The molecule has 1 N–H and O–H groups in total. The number of nitrogens with zero attached hydrogens (tertiary/aromatic N) is 1. The van der Waals surface area contributed by atoms with Crippen molar-refractivity contribution in [1.82, 2.24) is 10.3 Å². The zero-order chi connectivity index (χ0) is 9.80. The molecule has 1 atom stereocenters. The third-order valence-corrected chi connectivity index (χ3v) is 2.31. The fraction of sp³-hybridized carbons (Fsp3) is 0.500. The van der Waals surface area contributed by atoms with Crippen molar-refractivity contribution < 1.29 is 9.13 Å². The molecule has 0 radical (unpaired) electrons. The van der Waals surface area contributed by atoms with Crippen LogP contribution in [0.2, 0.25) is 0 Å². The molecule has 0 aliphatic carbocycles. The van der Waals surface area contributed by atoms with Crippen LogP contribution in [0.4, 0.5) is 4.39 Å². The molecule has 14 heavy (non-hydrogen) atoms. The van der Waals surface area contributed by atoms with E-state index in [1.165, 1.54) is 0 Å². The van der Waals surface area contributed by atoms with Crippen molar-refractivity contribution in [2.24, 2.45) is 0 Å². The topological polar surface area (TPSA) is 34.1 Å². The van der Waals surface area contributed by atoms with Crippen molar-refractivity contribution >= 4 is 0 Å². The van der Waals surface area contributed by atoms with Gasteiger partial charge in [-0.2, -0.15) is 0 Å². The van der Waals surface area contributed by atoms with Gasteiger partial charge in [-0.05, 0) is 25.1 Å². The van der Waals surface area contributed by atoms with E-state index in [9.17, 15) is 4.39 Å². The monoisotopic (exact) mass is 196 g/mol. The third kappa shape index (κ3) is 2.20. The lowest BCUT2D eigenvalue weighted by Crippen LogP contribution is -2.46. The van der Waals surface area contributed by atoms with Crippen molar-refractivity contribution in [2.75, 3.05) is 13.2 Å². The molecule has 0 unspecified atom stereocenters. The van der Waals surface area contributed by atoms with Crippen LogP contribution < -0.4 is 10.1 Å². The predicted molar refractivity (Wildman–Crippen MR) is 51.0 cm³/mol. The van der Waals surface area contributed by atoms with E-state index in [0.717, 1.165) is 13.0 Å². The molecule has 0 spiro atoms. The first-order chi connectivity index (χ1) is 6.88. The Morgan fingerprint density at radius 2 is 2.43 bits per heavy atom. The molecule has 0 amide bonds. The molecular formula is C10H13FN2O. The predicted octanol–water partition coefficient (Wildman–Crippen LogP) is 1.29. The zero-order valence-electron chi connectivity index (χ0n) is 7.87. The smallest absolute Gasteiger partial charge is 0.137 e. The molecule has 1 aliphatic heterocycles. The Bertz CT molecular complexity index is 285. The molecule has 2 rings (SSSR count). The van der Waals surface area contributed by atoms with Gasteiger partial charge < -0.3 is 10.1 Å². The fourth-order valence-electron chi connectivity index (χ4n) is 1.26. The van der Waals surface area contributed by atoms with Gasteiger partial charge in [0.25, 0.3) is 0 Å². The fourth-order valence-corrected chi connectivity index (χ4v) is 1.26. The Morgan fingerprint density at radius 3 is 2.93 bits per heavy atom. The van der Waals surface area contributed by atoms with Gasteiger partial charge >= 0.3 is 0 Å². The number of hydrogen-bond acceptors (Lipinski definition) is 3. The second-order valence-electron chi connectivity index (χ2n) is 3.37. The van der Waals surface area contributed by atoms with E-state index in [-0.39, 0.29) is 0 Å². The van der Waals surface area contributed by atoms with Crippen molar-refractivity contribution in [3.05, 3.63) is 24.0 Å². The number of ether oxygens (including phenoxy) is 1. The summed E-state index contributed by atoms with van der Waals surface area (Å²) in [6.45, 7) is 1.22. The molecule has 4 heteroatoms. The molecule has 0 saturated carbocycles. The molecule has 1 fully saturated rings. The number of aromatic nitrogens is 1. The van der Waals surface area contributed by atoms with E-state index >= 15 is 0 Å². The van der Waals surface area contributed by atoms with Crippen LogP contribution in [0.1, 0.15) is 12.1 Å². The maximum Gasteiger partial charge on any atom is 0.137 e. The highest BCUT2D eigenvalue weighted by Crippen LogP contribution is 2.11. The second-order valence-corrected chi connectivity index (χ2v) is 3.37. The summed E-state index contributed by atoms with van der Waals surface area (Å²) >= 11 is 0. The van der Waals surface area contributed by atoms with Gasteiger partial charge in [0.2, 0.25) is 0 Å². The summed E-state index contributed by atoms with van der Waals surface area (Å²) in [6, 6.07) is 3.86. The SMILES string of the molecule is FCc1ccc(OC[C@@H]2CCN2)cn1. The summed E-state index contributed by atoms with van der Waals surface area (Å²) in [6.07, 6.45) is 2.73. The highest BCUT2D eigenvalue weighted by atomic mass is 19.1. The van der Waals surface area contributed by atoms with Crippen LogP contribution in [-0.2, 0) is 6.67 Å². The second kappa shape index (κ2) is 4.37. The summed E-state index contributed by atoms with van der Waals surface area (Å²) < 4.78 is 17.6. The van der Waals surface area contributed by atoms with Crippen LogP contribution in [-0.4, -0.2) is 24.2 Å². The number of pyridine rings is 1. The van der Waals surface area contributed by atoms with E-state index in [0.29, 0.717) is 24.1 Å². The minimum atomic E-state index is -0.523. The zero-order valence-corrected chi connectivity index (χ0v) is 7.87. The molecule has 0 aromatic carbocycles. The maximum absolute atomic E-state index is 12.1. The number of hydrogen-bond donors (Lipinski definition) is 1. The molecule has 3 nitrogen and oxygen atoms in total. The molecule has 76 valence electrons. The lowest BCUT2D eigenvalue weighted by atomic mass is 10.1. The lowest BCUT2D eigenvalue weighted by Gasteiger charge is -2.27. The van der Waals surface area contributed by atoms with Gasteiger partial charge in [-0.3, -0.25) is 4.98 Å². The van der Waals surface area contributed by atoms with Crippen molar-refractivity contribution in [3.8, 4) is 5.75 Å². The largest absolute Gasteiger partial charge is 0.490 e. The molecule has 1 aliphatic rings. The maximum atomic E-state index is 12.1. The van der Waals surface area contributed by atoms with Gasteiger partial charge in [0.1, 0.15) is 19.0 Å². The van der Waals surface area contributed by atoms with Crippen LogP contribution in [0.3, 0.4) is 0 Å². The van der Waals surface area contributed by atoms with Crippen LogP contribution in [0.15, 0.2) is 18.3 Å². The molecule has 1 saturated heterocycles. The summed E-state index contributed by atoms with van der Waals surface area (Å²) in [4.78, 5) is 3.90. The Labute approximate surface area is 82.3 Å². The van der Waals surface area contributed by atoms with Gasteiger partial charge in [-0.15, -0.1) is 0 Å². The van der Waals surface area contributed by atoms with Crippen LogP contribution >= 0.6 is 0 Å². The van der Waals surface area contributed by atoms with Gasteiger partial charge in [-0.25, -0.2) is 4.39 Å². The Hall–Kier alpha value is -1.16. The molecule has 0 bridgehead atoms.